The van der Waals surface area contributed by atoms with Crippen LogP contribution in [-0.2, 0) is 6.42 Å². The van der Waals surface area contributed by atoms with Crippen LogP contribution in [0.2, 0.25) is 0 Å². The second-order valence-electron chi connectivity index (χ2n) is 5.42. The summed E-state index contributed by atoms with van der Waals surface area (Å²) in [5.74, 6) is 2.68. The zero-order valence-electron chi connectivity index (χ0n) is 11.8. The largest absolute Gasteiger partial charge is 0.497 e. The first-order valence-electron chi connectivity index (χ1n) is 7.18. The van der Waals surface area contributed by atoms with Crippen molar-refractivity contribution in [2.75, 3.05) is 13.7 Å². The first kappa shape index (κ1) is 13.0. The highest BCUT2D eigenvalue weighted by atomic mass is 16.5. The van der Waals surface area contributed by atoms with Crippen LogP contribution in [0, 0.1) is 5.92 Å². The Morgan fingerprint density at radius 3 is 1.90 bits per heavy atom. The number of rotatable bonds is 6. The van der Waals surface area contributed by atoms with Gasteiger partial charge in [0.2, 0.25) is 0 Å². The molecule has 0 bridgehead atoms. The molecule has 0 atom stereocenters. The van der Waals surface area contributed by atoms with Crippen LogP contribution in [0.25, 0.3) is 0 Å². The molecule has 0 saturated heterocycles. The molecule has 0 spiro atoms. The lowest BCUT2D eigenvalue weighted by Gasteiger charge is -2.07. The van der Waals surface area contributed by atoms with Crippen molar-refractivity contribution in [2.24, 2.45) is 5.92 Å². The molecule has 20 heavy (non-hydrogen) atoms. The summed E-state index contributed by atoms with van der Waals surface area (Å²) in [5.41, 5.74) is 2.59. The highest BCUT2D eigenvalue weighted by Crippen LogP contribution is 2.29. The van der Waals surface area contributed by atoms with Gasteiger partial charge in [-0.1, -0.05) is 24.3 Å². The van der Waals surface area contributed by atoms with Crippen molar-refractivity contribution >= 4 is 0 Å². The van der Waals surface area contributed by atoms with Crippen LogP contribution in [0.15, 0.2) is 48.5 Å². The summed E-state index contributed by atoms with van der Waals surface area (Å²) in [6.45, 7) is 0.873. The number of benzene rings is 2. The molecule has 3 rings (SSSR count). The maximum Gasteiger partial charge on any atom is 0.119 e. The van der Waals surface area contributed by atoms with E-state index in [0.717, 1.165) is 30.4 Å². The molecule has 1 fully saturated rings. The van der Waals surface area contributed by atoms with Crippen molar-refractivity contribution < 1.29 is 9.47 Å². The Labute approximate surface area is 120 Å². The zero-order valence-corrected chi connectivity index (χ0v) is 11.8. The second kappa shape index (κ2) is 6.00. The van der Waals surface area contributed by atoms with E-state index in [9.17, 15) is 0 Å². The van der Waals surface area contributed by atoms with Crippen LogP contribution >= 0.6 is 0 Å². The monoisotopic (exact) mass is 268 g/mol. The highest BCUT2D eigenvalue weighted by Gasteiger charge is 2.21. The summed E-state index contributed by atoms with van der Waals surface area (Å²) >= 11 is 0. The van der Waals surface area contributed by atoms with Crippen molar-refractivity contribution in [3.05, 3.63) is 59.7 Å². The molecule has 0 heterocycles. The molecule has 0 unspecified atom stereocenters. The van der Waals surface area contributed by atoms with Crippen molar-refractivity contribution in [1.82, 2.24) is 0 Å². The lowest BCUT2D eigenvalue weighted by molar-refractivity contribution is 0.299. The minimum Gasteiger partial charge on any atom is -0.497 e. The van der Waals surface area contributed by atoms with Crippen molar-refractivity contribution in [3.63, 3.8) is 0 Å². The third-order valence-electron chi connectivity index (χ3n) is 3.67. The molecular weight excluding hydrogens is 248 g/mol. The van der Waals surface area contributed by atoms with Gasteiger partial charge in [-0.25, -0.2) is 0 Å². The first-order chi connectivity index (χ1) is 9.83. The van der Waals surface area contributed by atoms with Crippen LogP contribution in [0.4, 0.5) is 0 Å². The summed E-state index contributed by atoms with van der Waals surface area (Å²) in [5, 5.41) is 0. The maximum absolute atomic E-state index is 5.75. The summed E-state index contributed by atoms with van der Waals surface area (Å²) in [4.78, 5) is 0. The number of methoxy groups -OCH3 is 1. The fourth-order valence-electron chi connectivity index (χ4n) is 2.18. The molecule has 1 aliphatic carbocycles. The lowest BCUT2D eigenvalue weighted by Crippen LogP contribution is -1.98. The quantitative estimate of drug-likeness (QED) is 0.786. The van der Waals surface area contributed by atoms with Crippen LogP contribution < -0.4 is 9.47 Å². The van der Waals surface area contributed by atoms with Gasteiger partial charge in [-0.2, -0.15) is 0 Å². The minimum absolute atomic E-state index is 0.800. The summed E-state index contributed by atoms with van der Waals surface area (Å²) in [7, 11) is 1.69. The van der Waals surface area contributed by atoms with Gasteiger partial charge in [0.1, 0.15) is 11.5 Å². The Morgan fingerprint density at radius 1 is 0.850 bits per heavy atom. The smallest absolute Gasteiger partial charge is 0.119 e. The zero-order chi connectivity index (χ0) is 13.8. The molecule has 2 nitrogen and oxygen atoms in total. The molecular formula is C18H20O2. The fourth-order valence-corrected chi connectivity index (χ4v) is 2.18. The van der Waals surface area contributed by atoms with Crippen molar-refractivity contribution in [2.45, 2.75) is 19.3 Å². The summed E-state index contributed by atoms with van der Waals surface area (Å²) in [6, 6.07) is 16.7. The van der Waals surface area contributed by atoms with Crippen LogP contribution in [-0.4, -0.2) is 13.7 Å². The van der Waals surface area contributed by atoms with Gasteiger partial charge >= 0.3 is 0 Å². The lowest BCUT2D eigenvalue weighted by atomic mass is 10.0. The molecule has 1 saturated carbocycles. The maximum atomic E-state index is 5.75. The third kappa shape index (κ3) is 3.53. The predicted octanol–water partition coefficient (Wildman–Crippen LogP) is 4.07. The van der Waals surface area contributed by atoms with E-state index in [1.54, 1.807) is 7.11 Å². The van der Waals surface area contributed by atoms with E-state index in [4.69, 9.17) is 9.47 Å². The van der Waals surface area contributed by atoms with E-state index < -0.39 is 0 Å². The Morgan fingerprint density at radius 2 is 1.40 bits per heavy atom. The Hall–Kier alpha value is -1.96. The minimum atomic E-state index is 0.800. The van der Waals surface area contributed by atoms with Gasteiger partial charge < -0.3 is 9.47 Å². The van der Waals surface area contributed by atoms with E-state index in [-0.39, 0.29) is 0 Å². The second-order valence-corrected chi connectivity index (χ2v) is 5.42. The number of ether oxygens (including phenoxy) is 2. The average Bonchev–Trinajstić information content (AvgIpc) is 3.32. The van der Waals surface area contributed by atoms with Gasteiger partial charge in [0.15, 0.2) is 0 Å². The summed E-state index contributed by atoms with van der Waals surface area (Å²) < 4.78 is 10.9. The Kier molecular flexibility index (Phi) is 3.91. The van der Waals surface area contributed by atoms with Crippen molar-refractivity contribution in [3.8, 4) is 11.5 Å². The van der Waals surface area contributed by atoms with Gasteiger partial charge in [0.25, 0.3) is 0 Å². The molecule has 0 radical (unpaired) electrons. The SMILES string of the molecule is COc1ccc(Cc2ccc(OCC3CC3)cc2)cc1. The molecule has 2 heteroatoms. The van der Waals surface area contributed by atoms with Crippen molar-refractivity contribution in [1.29, 1.82) is 0 Å². The van der Waals surface area contributed by atoms with Gasteiger partial charge in [-0.05, 0) is 60.6 Å². The molecule has 2 aromatic rings. The van der Waals surface area contributed by atoms with E-state index in [1.807, 2.05) is 12.1 Å². The van der Waals surface area contributed by atoms with Gasteiger partial charge in [0.05, 0.1) is 13.7 Å². The van der Waals surface area contributed by atoms with Crippen LogP contribution in [0.5, 0.6) is 11.5 Å². The molecule has 0 aromatic heterocycles. The standard InChI is InChI=1S/C18H20O2/c1-19-17-8-4-14(5-9-17)12-15-6-10-18(11-7-15)20-13-16-2-3-16/h4-11,16H,2-3,12-13H2,1H3. The van der Waals surface area contributed by atoms with E-state index in [2.05, 4.69) is 36.4 Å². The fraction of sp³-hybridized carbons (Fsp3) is 0.333. The normalized spacial score (nSPS) is 14.1. The van der Waals surface area contributed by atoms with Gasteiger partial charge in [0, 0.05) is 0 Å². The number of hydrogen-bond acceptors (Lipinski definition) is 2. The van der Waals surface area contributed by atoms with Crippen LogP contribution in [0.1, 0.15) is 24.0 Å². The molecule has 0 aliphatic heterocycles. The summed E-state index contributed by atoms with van der Waals surface area (Å²) in [6.07, 6.45) is 3.60. The van der Waals surface area contributed by atoms with Crippen LogP contribution in [0.3, 0.4) is 0 Å². The molecule has 1 aliphatic rings. The topological polar surface area (TPSA) is 18.5 Å². The van der Waals surface area contributed by atoms with Gasteiger partial charge in [-0.3, -0.25) is 0 Å². The molecule has 0 N–H and O–H groups in total. The number of hydrogen-bond donors (Lipinski definition) is 0. The molecule has 104 valence electrons. The third-order valence-corrected chi connectivity index (χ3v) is 3.67. The molecule has 0 amide bonds. The van der Waals surface area contributed by atoms with E-state index in [0.29, 0.717) is 0 Å². The van der Waals surface area contributed by atoms with Gasteiger partial charge in [-0.15, -0.1) is 0 Å². The first-order valence-corrected chi connectivity index (χ1v) is 7.18. The van der Waals surface area contributed by atoms with E-state index >= 15 is 0 Å². The molecule has 2 aromatic carbocycles. The Balaban J connectivity index is 1.58. The van der Waals surface area contributed by atoms with E-state index in [1.165, 1.54) is 24.0 Å². The average molecular weight is 268 g/mol. The highest BCUT2D eigenvalue weighted by molar-refractivity contribution is 5.34. The predicted molar refractivity (Wildman–Crippen MR) is 80.5 cm³/mol. The Bertz CT molecular complexity index is 539.